The molecule has 0 aliphatic carbocycles. The third-order valence-corrected chi connectivity index (χ3v) is 2.99. The van der Waals surface area contributed by atoms with Gasteiger partial charge in [-0.2, -0.15) is 10.2 Å². The monoisotopic (exact) mass is 253 g/mol. The maximum Gasteiger partial charge on any atom is 0.119 e. The van der Waals surface area contributed by atoms with Crippen LogP contribution in [0.1, 0.15) is 6.92 Å². The summed E-state index contributed by atoms with van der Waals surface area (Å²) in [6.45, 7) is 2.88. The molecule has 0 unspecified atom stereocenters. The summed E-state index contributed by atoms with van der Waals surface area (Å²) in [6.07, 6.45) is 5.57. The standard InChI is InChI=1S/C14H15N5/c1-2-18-9-11(8-16-18)14-13(15)10-19(17-14)12-6-4-3-5-7-12/h3-10H,2,15H2,1H3. The van der Waals surface area contributed by atoms with Gasteiger partial charge in [-0.15, -0.1) is 0 Å². The minimum atomic E-state index is 0.652. The fourth-order valence-corrected chi connectivity index (χ4v) is 1.98. The molecule has 19 heavy (non-hydrogen) atoms. The van der Waals surface area contributed by atoms with Gasteiger partial charge in [0.2, 0.25) is 0 Å². The Hall–Kier alpha value is -2.56. The number of aromatic nitrogens is 4. The first-order valence-electron chi connectivity index (χ1n) is 6.21. The van der Waals surface area contributed by atoms with Crippen LogP contribution in [0.5, 0.6) is 0 Å². The molecule has 96 valence electrons. The number of nitrogens with two attached hydrogens (primary N) is 1. The van der Waals surface area contributed by atoms with E-state index in [0.717, 1.165) is 23.5 Å². The molecule has 3 aromatic rings. The summed E-state index contributed by atoms with van der Waals surface area (Å²) in [5.74, 6) is 0. The van der Waals surface area contributed by atoms with Gasteiger partial charge in [-0.1, -0.05) is 18.2 Å². The fraction of sp³-hybridized carbons (Fsp3) is 0.143. The van der Waals surface area contributed by atoms with E-state index in [1.807, 2.05) is 54.3 Å². The van der Waals surface area contributed by atoms with E-state index >= 15 is 0 Å². The third-order valence-electron chi connectivity index (χ3n) is 2.99. The summed E-state index contributed by atoms with van der Waals surface area (Å²) in [6, 6.07) is 9.91. The van der Waals surface area contributed by atoms with E-state index in [0.29, 0.717) is 5.69 Å². The zero-order valence-corrected chi connectivity index (χ0v) is 10.7. The number of anilines is 1. The Morgan fingerprint density at radius 2 is 1.95 bits per heavy atom. The molecule has 0 amide bonds. The summed E-state index contributed by atoms with van der Waals surface area (Å²) in [7, 11) is 0. The lowest BCUT2D eigenvalue weighted by Gasteiger charge is -1.98. The molecule has 0 saturated heterocycles. The van der Waals surface area contributed by atoms with Crippen molar-refractivity contribution in [3.8, 4) is 16.9 Å². The molecule has 0 spiro atoms. The highest BCUT2D eigenvalue weighted by Gasteiger charge is 2.11. The summed E-state index contributed by atoms with van der Waals surface area (Å²) >= 11 is 0. The molecule has 0 radical (unpaired) electrons. The largest absolute Gasteiger partial charge is 0.396 e. The maximum absolute atomic E-state index is 6.04. The van der Waals surface area contributed by atoms with Gasteiger partial charge in [-0.25, -0.2) is 4.68 Å². The van der Waals surface area contributed by atoms with Crippen molar-refractivity contribution in [1.82, 2.24) is 19.6 Å². The van der Waals surface area contributed by atoms with Gasteiger partial charge in [-0.05, 0) is 19.1 Å². The van der Waals surface area contributed by atoms with Gasteiger partial charge >= 0.3 is 0 Å². The molecule has 0 aliphatic heterocycles. The first kappa shape index (κ1) is 11.5. The van der Waals surface area contributed by atoms with Crippen LogP contribution in [-0.2, 0) is 6.54 Å². The van der Waals surface area contributed by atoms with Gasteiger partial charge < -0.3 is 5.73 Å². The molecular weight excluding hydrogens is 238 g/mol. The highest BCUT2D eigenvalue weighted by atomic mass is 15.3. The van der Waals surface area contributed by atoms with E-state index in [1.165, 1.54) is 0 Å². The highest BCUT2D eigenvalue weighted by Crippen LogP contribution is 2.24. The minimum Gasteiger partial charge on any atom is -0.396 e. The number of aryl methyl sites for hydroxylation is 1. The second-order valence-electron chi connectivity index (χ2n) is 4.30. The van der Waals surface area contributed by atoms with Crippen LogP contribution in [-0.4, -0.2) is 19.6 Å². The number of benzene rings is 1. The van der Waals surface area contributed by atoms with Crippen LogP contribution in [0.4, 0.5) is 5.69 Å². The molecule has 2 aromatic heterocycles. The van der Waals surface area contributed by atoms with Gasteiger partial charge in [0, 0.05) is 18.3 Å². The number of nitrogen functional groups attached to an aromatic ring is 1. The molecule has 5 heteroatoms. The highest BCUT2D eigenvalue weighted by molar-refractivity contribution is 5.71. The number of hydrogen-bond donors (Lipinski definition) is 1. The van der Waals surface area contributed by atoms with Crippen LogP contribution >= 0.6 is 0 Å². The molecule has 2 N–H and O–H groups in total. The topological polar surface area (TPSA) is 61.7 Å². The first-order chi connectivity index (χ1) is 9.28. The van der Waals surface area contributed by atoms with Crippen molar-refractivity contribution in [3.05, 3.63) is 48.9 Å². The van der Waals surface area contributed by atoms with Gasteiger partial charge in [0.05, 0.1) is 23.8 Å². The SMILES string of the molecule is CCn1cc(-c2nn(-c3ccccc3)cc2N)cn1. The fourth-order valence-electron chi connectivity index (χ4n) is 1.98. The quantitative estimate of drug-likeness (QED) is 0.779. The summed E-state index contributed by atoms with van der Waals surface area (Å²) < 4.78 is 3.64. The average Bonchev–Trinajstić information content (AvgIpc) is 3.06. The molecular formula is C14H15N5. The van der Waals surface area contributed by atoms with E-state index in [-0.39, 0.29) is 0 Å². The van der Waals surface area contributed by atoms with Crippen LogP contribution < -0.4 is 5.73 Å². The zero-order valence-electron chi connectivity index (χ0n) is 10.7. The smallest absolute Gasteiger partial charge is 0.119 e. The lowest BCUT2D eigenvalue weighted by atomic mass is 10.2. The number of nitrogens with zero attached hydrogens (tertiary/aromatic N) is 4. The molecule has 3 rings (SSSR count). The van der Waals surface area contributed by atoms with E-state index in [2.05, 4.69) is 10.2 Å². The average molecular weight is 253 g/mol. The van der Waals surface area contributed by atoms with Crippen LogP contribution in [0.3, 0.4) is 0 Å². The van der Waals surface area contributed by atoms with Crippen molar-refractivity contribution in [2.45, 2.75) is 13.5 Å². The Labute approximate surface area is 111 Å². The van der Waals surface area contributed by atoms with Gasteiger partial charge in [-0.3, -0.25) is 4.68 Å². The van der Waals surface area contributed by atoms with Crippen molar-refractivity contribution >= 4 is 5.69 Å². The normalized spacial score (nSPS) is 10.8. The third kappa shape index (κ3) is 2.10. The zero-order chi connectivity index (χ0) is 13.2. The molecule has 0 atom stereocenters. The van der Waals surface area contributed by atoms with E-state index < -0.39 is 0 Å². The molecule has 2 heterocycles. The van der Waals surface area contributed by atoms with E-state index in [4.69, 9.17) is 5.73 Å². The Morgan fingerprint density at radius 3 is 2.63 bits per heavy atom. The first-order valence-corrected chi connectivity index (χ1v) is 6.21. The van der Waals surface area contributed by atoms with Gasteiger partial charge in [0.1, 0.15) is 5.69 Å². The van der Waals surface area contributed by atoms with Crippen molar-refractivity contribution in [1.29, 1.82) is 0 Å². The van der Waals surface area contributed by atoms with Crippen molar-refractivity contribution in [2.24, 2.45) is 0 Å². The lowest BCUT2D eigenvalue weighted by molar-refractivity contribution is 0.660. The molecule has 0 bridgehead atoms. The van der Waals surface area contributed by atoms with Crippen LogP contribution in [0.2, 0.25) is 0 Å². The van der Waals surface area contributed by atoms with E-state index in [1.54, 1.807) is 10.9 Å². The Kier molecular flexibility index (Phi) is 2.79. The molecule has 5 nitrogen and oxygen atoms in total. The maximum atomic E-state index is 6.04. The predicted octanol–water partition coefficient (Wildman–Crippen LogP) is 2.34. The van der Waals surface area contributed by atoms with Crippen LogP contribution in [0.15, 0.2) is 48.9 Å². The predicted molar refractivity (Wildman–Crippen MR) is 74.9 cm³/mol. The number of hydrogen-bond acceptors (Lipinski definition) is 3. The second kappa shape index (κ2) is 4.61. The lowest BCUT2D eigenvalue weighted by Crippen LogP contribution is -1.94. The molecule has 0 saturated carbocycles. The van der Waals surface area contributed by atoms with Crippen molar-refractivity contribution < 1.29 is 0 Å². The van der Waals surface area contributed by atoms with Crippen LogP contribution in [0, 0.1) is 0 Å². The van der Waals surface area contributed by atoms with Crippen molar-refractivity contribution in [3.63, 3.8) is 0 Å². The van der Waals surface area contributed by atoms with Crippen LogP contribution in [0.25, 0.3) is 16.9 Å². The van der Waals surface area contributed by atoms with Gasteiger partial charge in [0.25, 0.3) is 0 Å². The Balaban J connectivity index is 2.02. The number of para-hydroxylation sites is 1. The summed E-state index contributed by atoms with van der Waals surface area (Å²) in [4.78, 5) is 0. The van der Waals surface area contributed by atoms with Gasteiger partial charge in [0.15, 0.2) is 0 Å². The molecule has 1 aromatic carbocycles. The van der Waals surface area contributed by atoms with E-state index in [9.17, 15) is 0 Å². The molecule has 0 aliphatic rings. The minimum absolute atomic E-state index is 0.652. The Morgan fingerprint density at radius 1 is 1.16 bits per heavy atom. The van der Waals surface area contributed by atoms with Crippen molar-refractivity contribution in [2.75, 3.05) is 5.73 Å². The number of rotatable bonds is 3. The summed E-state index contributed by atoms with van der Waals surface area (Å²) in [5, 5.41) is 8.78. The Bertz CT molecular complexity index is 681. The summed E-state index contributed by atoms with van der Waals surface area (Å²) in [5.41, 5.74) is 9.39. The molecule has 0 fully saturated rings. The second-order valence-corrected chi connectivity index (χ2v) is 4.30.